The molecule has 0 fully saturated rings. The third kappa shape index (κ3) is 2.51. The molecule has 27 heavy (non-hydrogen) atoms. The molecule has 0 bridgehead atoms. The highest BCUT2D eigenvalue weighted by molar-refractivity contribution is 5.97. The van der Waals surface area contributed by atoms with Crippen molar-refractivity contribution in [1.82, 2.24) is 10.2 Å². The van der Waals surface area contributed by atoms with Crippen molar-refractivity contribution in [3.8, 4) is 0 Å². The largest absolute Gasteiger partial charge is 0.377 e. The summed E-state index contributed by atoms with van der Waals surface area (Å²) in [6.45, 7) is 0. The normalized spacial score (nSPS) is 18.3. The number of anilines is 1. The summed E-state index contributed by atoms with van der Waals surface area (Å²) < 4.78 is 14.2. The van der Waals surface area contributed by atoms with Crippen LogP contribution in [0, 0.1) is 5.82 Å². The molecule has 1 aliphatic heterocycles. The van der Waals surface area contributed by atoms with Crippen LogP contribution in [0.2, 0.25) is 0 Å². The van der Waals surface area contributed by atoms with E-state index in [4.69, 9.17) is 0 Å². The first kappa shape index (κ1) is 15.8. The third-order valence-corrected chi connectivity index (χ3v) is 5.14. The van der Waals surface area contributed by atoms with Gasteiger partial charge in [-0.2, -0.15) is 5.10 Å². The number of hydrogen-bond acceptors (Lipinski definition) is 3. The smallest absolute Gasteiger partial charge is 0.272 e. The second-order valence-electron chi connectivity index (χ2n) is 6.73. The fourth-order valence-electron chi connectivity index (χ4n) is 3.98. The minimum absolute atomic E-state index is 0.120. The van der Waals surface area contributed by atoms with E-state index in [1.54, 1.807) is 0 Å². The Kier molecular flexibility index (Phi) is 3.53. The summed E-state index contributed by atoms with van der Waals surface area (Å²) in [5.41, 5.74) is 3.11. The predicted molar refractivity (Wildman–Crippen MR) is 103 cm³/mol. The van der Waals surface area contributed by atoms with Gasteiger partial charge in [0.15, 0.2) is 0 Å². The van der Waals surface area contributed by atoms with E-state index in [9.17, 15) is 9.18 Å². The van der Waals surface area contributed by atoms with Gasteiger partial charge in [-0.15, -0.1) is 0 Å². The number of H-pyrrole nitrogens is 1. The van der Waals surface area contributed by atoms with Crippen molar-refractivity contribution in [1.29, 1.82) is 0 Å². The summed E-state index contributed by atoms with van der Waals surface area (Å²) >= 11 is 0. The Morgan fingerprint density at radius 3 is 2.26 bits per heavy atom. The van der Waals surface area contributed by atoms with Crippen molar-refractivity contribution in [2.24, 2.45) is 0 Å². The number of hydrogen-bond donors (Lipinski definition) is 2. The highest BCUT2D eigenvalue weighted by Gasteiger charge is 2.34. The number of aromatic amines is 1. The van der Waals surface area contributed by atoms with Crippen LogP contribution in [-0.2, 0) is 0 Å². The Morgan fingerprint density at radius 2 is 1.56 bits per heavy atom. The number of benzene rings is 3. The number of nitrogens with zero attached hydrogens (tertiary/aromatic N) is 1. The lowest BCUT2D eigenvalue weighted by Crippen LogP contribution is -2.28. The Hall–Kier alpha value is -3.47. The standard InChI is InChI=1S/C22H16FN3O/c23-15-11-16-19-17(12-15)24-20(14-9-5-2-6-10-14)18(13-7-3-1-4-8-13)21(19)25-26-22(16)27/h1-12,18,20,24H,(H,26,27)/t18-,20+/m0/s1. The van der Waals surface area contributed by atoms with Crippen molar-refractivity contribution in [2.45, 2.75) is 12.0 Å². The number of nitrogens with one attached hydrogen (secondary N) is 2. The van der Waals surface area contributed by atoms with Crippen LogP contribution in [0.1, 0.15) is 28.8 Å². The number of halogens is 1. The molecule has 2 atom stereocenters. The monoisotopic (exact) mass is 357 g/mol. The molecule has 0 saturated carbocycles. The maximum Gasteiger partial charge on any atom is 0.272 e. The van der Waals surface area contributed by atoms with Crippen molar-refractivity contribution in [2.75, 3.05) is 5.32 Å². The molecule has 1 aromatic heterocycles. The molecule has 132 valence electrons. The summed E-state index contributed by atoms with van der Waals surface area (Å²) in [6, 6.07) is 22.6. The first-order valence-corrected chi connectivity index (χ1v) is 8.80. The van der Waals surface area contributed by atoms with E-state index < -0.39 is 5.82 Å². The SMILES string of the molecule is O=c1[nH]nc2c3c(cc(F)cc13)N[C@H](c1ccccc1)[C@@H]2c1ccccc1. The third-order valence-electron chi connectivity index (χ3n) is 5.14. The molecular weight excluding hydrogens is 341 g/mol. The van der Waals surface area contributed by atoms with Gasteiger partial charge in [0, 0.05) is 11.1 Å². The molecule has 0 unspecified atom stereocenters. The van der Waals surface area contributed by atoms with E-state index in [2.05, 4.69) is 27.6 Å². The first-order valence-electron chi connectivity index (χ1n) is 8.80. The Morgan fingerprint density at radius 1 is 0.889 bits per heavy atom. The zero-order valence-corrected chi connectivity index (χ0v) is 14.3. The van der Waals surface area contributed by atoms with Crippen LogP contribution in [0.3, 0.4) is 0 Å². The zero-order valence-electron chi connectivity index (χ0n) is 14.3. The molecule has 4 nitrogen and oxygen atoms in total. The minimum atomic E-state index is -0.447. The van der Waals surface area contributed by atoms with Crippen molar-refractivity contribution in [3.05, 3.63) is 106 Å². The van der Waals surface area contributed by atoms with Gasteiger partial charge in [0.25, 0.3) is 5.56 Å². The van der Waals surface area contributed by atoms with Crippen molar-refractivity contribution >= 4 is 16.5 Å². The Balaban J connectivity index is 1.83. The van der Waals surface area contributed by atoms with E-state index in [-0.39, 0.29) is 17.5 Å². The number of aromatic nitrogens is 2. The minimum Gasteiger partial charge on any atom is -0.377 e. The van der Waals surface area contributed by atoms with Gasteiger partial charge in [-0.25, -0.2) is 9.49 Å². The van der Waals surface area contributed by atoms with Crippen LogP contribution >= 0.6 is 0 Å². The molecule has 1 aliphatic rings. The van der Waals surface area contributed by atoms with Crippen LogP contribution in [-0.4, -0.2) is 10.2 Å². The van der Waals surface area contributed by atoms with Crippen molar-refractivity contribution < 1.29 is 4.39 Å². The maximum atomic E-state index is 14.2. The van der Waals surface area contributed by atoms with E-state index in [1.165, 1.54) is 12.1 Å². The van der Waals surface area contributed by atoms with Gasteiger partial charge in [-0.05, 0) is 23.3 Å². The quantitative estimate of drug-likeness (QED) is 0.560. The zero-order chi connectivity index (χ0) is 18.4. The van der Waals surface area contributed by atoms with Crippen LogP contribution < -0.4 is 10.9 Å². The number of rotatable bonds is 2. The average molecular weight is 357 g/mol. The summed E-state index contributed by atoms with van der Waals surface area (Å²) in [5, 5.41) is 11.4. The Labute approximate surface area is 154 Å². The molecule has 0 saturated heterocycles. The van der Waals surface area contributed by atoms with Crippen molar-refractivity contribution in [3.63, 3.8) is 0 Å². The lowest BCUT2D eigenvalue weighted by molar-refractivity contribution is 0.619. The molecule has 5 heteroatoms. The van der Waals surface area contributed by atoms with Gasteiger partial charge in [-0.1, -0.05) is 60.7 Å². The van der Waals surface area contributed by atoms with Gasteiger partial charge in [0.2, 0.25) is 0 Å². The summed E-state index contributed by atoms with van der Waals surface area (Å²) in [5.74, 6) is -0.566. The fraction of sp³-hybridized carbons (Fsp3) is 0.0909. The lowest BCUT2D eigenvalue weighted by Gasteiger charge is -2.34. The maximum absolute atomic E-state index is 14.2. The van der Waals surface area contributed by atoms with Crippen LogP contribution in [0.15, 0.2) is 77.6 Å². The van der Waals surface area contributed by atoms with Gasteiger partial charge in [0.1, 0.15) is 5.82 Å². The molecule has 0 radical (unpaired) electrons. The molecular formula is C22H16FN3O. The second-order valence-corrected chi connectivity index (χ2v) is 6.73. The van der Waals surface area contributed by atoms with E-state index >= 15 is 0 Å². The van der Waals surface area contributed by atoms with Crippen LogP contribution in [0.5, 0.6) is 0 Å². The van der Waals surface area contributed by atoms with Crippen LogP contribution in [0.4, 0.5) is 10.1 Å². The molecule has 0 aliphatic carbocycles. The van der Waals surface area contributed by atoms with Gasteiger partial charge < -0.3 is 5.32 Å². The fourth-order valence-corrected chi connectivity index (χ4v) is 3.98. The molecule has 0 amide bonds. The predicted octanol–water partition coefficient (Wildman–Crippen LogP) is 4.36. The Bertz CT molecular complexity index is 1190. The molecule has 2 N–H and O–H groups in total. The summed E-state index contributed by atoms with van der Waals surface area (Å²) in [7, 11) is 0. The average Bonchev–Trinajstić information content (AvgIpc) is 2.71. The molecule has 0 spiro atoms. The van der Waals surface area contributed by atoms with E-state index in [0.717, 1.165) is 16.8 Å². The van der Waals surface area contributed by atoms with Crippen LogP contribution in [0.25, 0.3) is 10.8 Å². The summed E-state index contributed by atoms with van der Waals surface area (Å²) in [4.78, 5) is 12.3. The molecule has 2 heterocycles. The van der Waals surface area contributed by atoms with Gasteiger partial charge >= 0.3 is 0 Å². The topological polar surface area (TPSA) is 57.8 Å². The van der Waals surface area contributed by atoms with Gasteiger partial charge in [-0.3, -0.25) is 4.79 Å². The summed E-state index contributed by atoms with van der Waals surface area (Å²) in [6.07, 6.45) is 0. The first-order chi connectivity index (χ1) is 13.2. The molecule has 4 aromatic rings. The van der Waals surface area contributed by atoms with Gasteiger partial charge in [0.05, 0.1) is 23.0 Å². The lowest BCUT2D eigenvalue weighted by atomic mass is 9.80. The molecule has 5 rings (SSSR count). The highest BCUT2D eigenvalue weighted by atomic mass is 19.1. The highest BCUT2D eigenvalue weighted by Crippen LogP contribution is 2.46. The second kappa shape index (κ2) is 6.06. The van der Waals surface area contributed by atoms with E-state index in [0.29, 0.717) is 16.5 Å². The van der Waals surface area contributed by atoms with E-state index in [1.807, 2.05) is 48.5 Å². The molecule has 3 aromatic carbocycles.